The topological polar surface area (TPSA) is 95.9 Å². The number of nitrogens with zero attached hydrogens (tertiary/aromatic N) is 2. The third kappa shape index (κ3) is 6.94. The van der Waals surface area contributed by atoms with Crippen LogP contribution in [-0.2, 0) is 19.1 Å². The average molecular weight is 437 g/mol. The van der Waals surface area contributed by atoms with Crippen LogP contribution >= 0.6 is 0 Å². The van der Waals surface area contributed by atoms with Crippen molar-refractivity contribution in [3.05, 3.63) is 59.5 Å². The van der Waals surface area contributed by atoms with Crippen molar-refractivity contribution in [2.45, 2.75) is 38.0 Å². The molecule has 0 spiro atoms. The summed E-state index contributed by atoms with van der Waals surface area (Å²) in [6.45, 7) is 1.73. The number of furan rings is 1. The largest absolute Gasteiger partial charge is 0.469 e. The zero-order chi connectivity index (χ0) is 22.3. The lowest BCUT2D eigenvalue weighted by atomic mass is 10.1. The molecule has 31 heavy (non-hydrogen) atoms. The molecule has 0 saturated carbocycles. The Morgan fingerprint density at radius 1 is 1.23 bits per heavy atom. The summed E-state index contributed by atoms with van der Waals surface area (Å²) in [6.07, 6.45) is -0.757. The minimum absolute atomic E-state index is 0.0759. The number of carbonyl (C=O) groups is 1. The van der Waals surface area contributed by atoms with Gasteiger partial charge < -0.3 is 25.7 Å². The van der Waals surface area contributed by atoms with Gasteiger partial charge in [0.25, 0.3) is 0 Å². The number of guanidine groups is 1. The lowest BCUT2D eigenvalue weighted by Gasteiger charge is -2.32. The zero-order valence-corrected chi connectivity index (χ0v) is 17.0. The molecule has 1 aromatic carbocycles. The quantitative estimate of drug-likeness (QED) is 0.478. The van der Waals surface area contributed by atoms with Crippen molar-refractivity contribution in [3.63, 3.8) is 0 Å². The van der Waals surface area contributed by atoms with Gasteiger partial charge in [0, 0.05) is 32.1 Å². The molecule has 1 aliphatic heterocycles. The number of hydrogen-bond acceptors (Lipinski definition) is 3. The van der Waals surface area contributed by atoms with Crippen LogP contribution in [0.5, 0.6) is 0 Å². The molecule has 0 atom stereocenters. The van der Waals surface area contributed by atoms with E-state index in [-0.39, 0.29) is 12.6 Å². The van der Waals surface area contributed by atoms with Crippen molar-refractivity contribution in [3.8, 4) is 0 Å². The number of rotatable bonds is 6. The van der Waals surface area contributed by atoms with Crippen molar-refractivity contribution in [1.29, 1.82) is 0 Å². The molecule has 2 aromatic rings. The smallest absolute Gasteiger partial charge is 0.416 e. The third-order valence-electron chi connectivity index (χ3n) is 5.07. The molecule has 1 aliphatic rings. The standard InChI is InChI=1S/C21H26F3N5O2/c22-21(23,24)16-4-1-3-15(13-16)14-27-20(26-9-6-18-5-2-12-31-18)28-17-7-10-29(11-8-17)19(25)30/h1-5,12-13,17H,6-11,14H2,(H2,25,30)(H2,26,27,28). The van der Waals surface area contributed by atoms with E-state index in [1.165, 1.54) is 6.07 Å². The zero-order valence-electron chi connectivity index (χ0n) is 17.0. The number of aliphatic imine (C=N–C) groups is 1. The fourth-order valence-electron chi connectivity index (χ4n) is 3.37. The van der Waals surface area contributed by atoms with Crippen LogP contribution in [0, 0.1) is 0 Å². The first-order valence-electron chi connectivity index (χ1n) is 10.1. The molecule has 4 N–H and O–H groups in total. The third-order valence-corrected chi connectivity index (χ3v) is 5.07. The predicted octanol–water partition coefficient (Wildman–Crippen LogP) is 3.12. The Morgan fingerprint density at radius 2 is 2.00 bits per heavy atom. The van der Waals surface area contributed by atoms with Crippen molar-refractivity contribution in [1.82, 2.24) is 15.5 Å². The molecule has 7 nitrogen and oxygen atoms in total. The van der Waals surface area contributed by atoms with Crippen LogP contribution in [0.25, 0.3) is 0 Å². The molecule has 1 aromatic heterocycles. The Kier molecular flexibility index (Phi) is 7.43. The highest BCUT2D eigenvalue weighted by atomic mass is 19.4. The molecule has 2 amide bonds. The number of nitrogens with one attached hydrogen (secondary N) is 2. The molecule has 1 saturated heterocycles. The molecule has 1 fully saturated rings. The van der Waals surface area contributed by atoms with E-state index in [9.17, 15) is 18.0 Å². The fraction of sp³-hybridized carbons (Fsp3) is 0.429. The second-order valence-corrected chi connectivity index (χ2v) is 7.36. The lowest BCUT2D eigenvalue weighted by molar-refractivity contribution is -0.137. The van der Waals surface area contributed by atoms with Crippen molar-refractivity contribution >= 4 is 12.0 Å². The molecule has 0 unspecified atom stereocenters. The Morgan fingerprint density at radius 3 is 2.65 bits per heavy atom. The number of alkyl halides is 3. The first-order valence-corrected chi connectivity index (χ1v) is 10.1. The molecular formula is C21H26F3N5O2. The number of piperidine rings is 1. The minimum Gasteiger partial charge on any atom is -0.469 e. The molecule has 168 valence electrons. The monoisotopic (exact) mass is 437 g/mol. The average Bonchev–Trinajstić information content (AvgIpc) is 3.25. The fourth-order valence-corrected chi connectivity index (χ4v) is 3.37. The first kappa shape index (κ1) is 22.5. The van der Waals surface area contributed by atoms with Gasteiger partial charge in [0.15, 0.2) is 5.96 Å². The van der Waals surface area contributed by atoms with Crippen LogP contribution in [0.3, 0.4) is 0 Å². The number of amides is 2. The van der Waals surface area contributed by atoms with Crippen LogP contribution in [0.4, 0.5) is 18.0 Å². The van der Waals surface area contributed by atoms with Crippen LogP contribution in [0.2, 0.25) is 0 Å². The van der Waals surface area contributed by atoms with Crippen LogP contribution in [-0.4, -0.2) is 42.6 Å². The Labute approximate surface area is 178 Å². The minimum atomic E-state index is -4.39. The number of urea groups is 1. The highest BCUT2D eigenvalue weighted by Gasteiger charge is 2.30. The van der Waals surface area contributed by atoms with E-state index in [0.29, 0.717) is 50.4 Å². The number of nitrogens with two attached hydrogens (primary N) is 1. The van der Waals surface area contributed by atoms with Gasteiger partial charge in [-0.3, -0.25) is 0 Å². The number of carbonyl (C=O) groups excluding carboxylic acids is 1. The van der Waals surface area contributed by atoms with E-state index in [1.54, 1.807) is 17.2 Å². The number of halogens is 3. The maximum Gasteiger partial charge on any atom is 0.416 e. The molecule has 0 aliphatic carbocycles. The highest BCUT2D eigenvalue weighted by Crippen LogP contribution is 2.29. The molecular weight excluding hydrogens is 411 g/mol. The van der Waals surface area contributed by atoms with E-state index >= 15 is 0 Å². The summed E-state index contributed by atoms with van der Waals surface area (Å²) in [6, 6.07) is 8.46. The molecule has 3 rings (SSSR count). The Balaban J connectivity index is 1.63. The normalized spacial score (nSPS) is 15.7. The van der Waals surface area contributed by atoms with E-state index in [2.05, 4.69) is 15.6 Å². The van der Waals surface area contributed by atoms with Gasteiger partial charge in [-0.1, -0.05) is 12.1 Å². The molecule has 0 bridgehead atoms. The van der Waals surface area contributed by atoms with E-state index in [0.717, 1.165) is 17.9 Å². The lowest BCUT2D eigenvalue weighted by Crippen LogP contribution is -2.51. The highest BCUT2D eigenvalue weighted by molar-refractivity contribution is 5.80. The van der Waals surface area contributed by atoms with Gasteiger partial charge in [-0.2, -0.15) is 13.2 Å². The number of benzene rings is 1. The van der Waals surface area contributed by atoms with Gasteiger partial charge in [-0.25, -0.2) is 9.79 Å². The number of likely N-dealkylation sites (tertiary alicyclic amines) is 1. The summed E-state index contributed by atoms with van der Waals surface area (Å²) in [5, 5.41) is 6.52. The number of hydrogen-bond donors (Lipinski definition) is 3. The summed E-state index contributed by atoms with van der Waals surface area (Å²) < 4.78 is 44.2. The van der Waals surface area contributed by atoms with Gasteiger partial charge >= 0.3 is 12.2 Å². The molecule has 10 heteroatoms. The van der Waals surface area contributed by atoms with E-state index < -0.39 is 17.8 Å². The van der Waals surface area contributed by atoms with Crippen molar-refractivity contribution < 1.29 is 22.4 Å². The van der Waals surface area contributed by atoms with Crippen LogP contribution in [0.15, 0.2) is 52.1 Å². The van der Waals surface area contributed by atoms with Crippen molar-refractivity contribution in [2.24, 2.45) is 10.7 Å². The SMILES string of the molecule is NC(=O)N1CCC(NC(=NCc2cccc(C(F)(F)F)c2)NCCc2ccco2)CC1. The maximum atomic E-state index is 13.0. The van der Waals surface area contributed by atoms with Gasteiger partial charge in [-0.05, 0) is 42.7 Å². The maximum absolute atomic E-state index is 13.0. The van der Waals surface area contributed by atoms with E-state index in [4.69, 9.17) is 10.2 Å². The predicted molar refractivity (Wildman–Crippen MR) is 110 cm³/mol. The summed E-state index contributed by atoms with van der Waals surface area (Å²) >= 11 is 0. The summed E-state index contributed by atoms with van der Waals surface area (Å²) in [5.74, 6) is 1.32. The molecule has 2 heterocycles. The van der Waals surface area contributed by atoms with Crippen LogP contribution < -0.4 is 16.4 Å². The second-order valence-electron chi connectivity index (χ2n) is 7.36. The van der Waals surface area contributed by atoms with E-state index in [1.807, 2.05) is 12.1 Å². The second kappa shape index (κ2) is 10.2. The van der Waals surface area contributed by atoms with Gasteiger partial charge in [0.2, 0.25) is 0 Å². The summed E-state index contributed by atoms with van der Waals surface area (Å²) in [4.78, 5) is 17.4. The molecule has 0 radical (unpaired) electrons. The summed E-state index contributed by atoms with van der Waals surface area (Å²) in [7, 11) is 0. The van der Waals surface area contributed by atoms with Gasteiger partial charge in [-0.15, -0.1) is 0 Å². The van der Waals surface area contributed by atoms with Gasteiger partial charge in [0.1, 0.15) is 5.76 Å². The van der Waals surface area contributed by atoms with Crippen molar-refractivity contribution in [2.75, 3.05) is 19.6 Å². The Bertz CT molecular complexity index is 875. The summed E-state index contributed by atoms with van der Waals surface area (Å²) in [5.41, 5.74) is 5.09. The first-order chi connectivity index (χ1) is 14.8. The van der Waals surface area contributed by atoms with Gasteiger partial charge in [0.05, 0.1) is 18.4 Å². The van der Waals surface area contributed by atoms with Crippen LogP contribution in [0.1, 0.15) is 29.7 Å². The Hall–Kier alpha value is -3.17. The number of primary amides is 1.